The summed E-state index contributed by atoms with van der Waals surface area (Å²) in [7, 11) is -3.57. The van der Waals surface area contributed by atoms with Crippen LogP contribution in [0.3, 0.4) is 0 Å². The highest BCUT2D eigenvalue weighted by atomic mass is 35.5. The van der Waals surface area contributed by atoms with Crippen LogP contribution in [0.2, 0.25) is 10.0 Å². The van der Waals surface area contributed by atoms with Gasteiger partial charge in [-0.3, -0.25) is 9.59 Å². The van der Waals surface area contributed by atoms with Crippen molar-refractivity contribution in [3.8, 4) is 0 Å². The van der Waals surface area contributed by atoms with E-state index in [-0.39, 0.29) is 36.6 Å². The van der Waals surface area contributed by atoms with Gasteiger partial charge in [0.25, 0.3) is 5.91 Å². The number of halogens is 2. The fourth-order valence-corrected chi connectivity index (χ4v) is 6.28. The van der Waals surface area contributed by atoms with E-state index in [4.69, 9.17) is 23.2 Å². The number of nitrogens with zero attached hydrogens (tertiary/aromatic N) is 1. The van der Waals surface area contributed by atoms with Crippen molar-refractivity contribution < 1.29 is 18.0 Å². The molecule has 0 aliphatic carbocycles. The van der Waals surface area contributed by atoms with E-state index in [0.29, 0.717) is 52.7 Å². The predicted octanol–water partition coefficient (Wildman–Crippen LogP) is 5.15. The van der Waals surface area contributed by atoms with Gasteiger partial charge in [0.2, 0.25) is 15.9 Å². The number of para-hydroxylation sites is 1. The SMILES string of the molecule is O=C(NCCc1ccccc1)c1ccccc1NC(=O)C1CCN(S(=O)(=O)Cc2ccc(Cl)c(Cl)c2)CC1. The van der Waals surface area contributed by atoms with Gasteiger partial charge in [0.15, 0.2) is 0 Å². The van der Waals surface area contributed by atoms with E-state index in [9.17, 15) is 18.0 Å². The Kier molecular flexibility index (Phi) is 9.44. The molecule has 0 unspecified atom stereocenters. The third-order valence-corrected chi connectivity index (χ3v) is 9.11. The molecule has 0 saturated carbocycles. The summed E-state index contributed by atoms with van der Waals surface area (Å²) >= 11 is 11.9. The Hall–Kier alpha value is -2.91. The molecule has 38 heavy (non-hydrogen) atoms. The molecule has 1 fully saturated rings. The van der Waals surface area contributed by atoms with Crippen LogP contribution in [0.5, 0.6) is 0 Å². The van der Waals surface area contributed by atoms with Crippen LogP contribution in [-0.2, 0) is 27.0 Å². The third-order valence-electron chi connectivity index (χ3n) is 6.52. The Bertz CT molecular complexity index is 1390. The summed E-state index contributed by atoms with van der Waals surface area (Å²) in [5.74, 6) is -1.04. The second-order valence-electron chi connectivity index (χ2n) is 9.20. The Balaban J connectivity index is 1.31. The second-order valence-corrected chi connectivity index (χ2v) is 12.0. The average Bonchev–Trinajstić information content (AvgIpc) is 2.91. The first-order valence-corrected chi connectivity index (χ1v) is 14.7. The van der Waals surface area contributed by atoms with E-state index >= 15 is 0 Å². The minimum atomic E-state index is -3.57. The van der Waals surface area contributed by atoms with E-state index < -0.39 is 10.0 Å². The number of hydrogen-bond donors (Lipinski definition) is 2. The minimum Gasteiger partial charge on any atom is -0.352 e. The van der Waals surface area contributed by atoms with Crippen LogP contribution >= 0.6 is 23.2 Å². The molecule has 2 amide bonds. The molecule has 3 aromatic carbocycles. The maximum absolute atomic E-state index is 13.0. The molecule has 0 atom stereocenters. The van der Waals surface area contributed by atoms with Crippen LogP contribution in [0, 0.1) is 5.92 Å². The third kappa shape index (κ3) is 7.35. The van der Waals surface area contributed by atoms with E-state index in [2.05, 4.69) is 10.6 Å². The maximum Gasteiger partial charge on any atom is 0.253 e. The Morgan fingerprint density at radius 2 is 1.55 bits per heavy atom. The normalized spacial score (nSPS) is 14.7. The molecule has 4 rings (SSSR count). The smallest absolute Gasteiger partial charge is 0.253 e. The number of hydrogen-bond acceptors (Lipinski definition) is 4. The molecule has 1 heterocycles. The van der Waals surface area contributed by atoms with E-state index in [1.165, 1.54) is 4.31 Å². The minimum absolute atomic E-state index is 0.187. The zero-order chi connectivity index (χ0) is 27.1. The number of anilines is 1. The van der Waals surface area contributed by atoms with Gasteiger partial charge < -0.3 is 10.6 Å². The molecule has 0 radical (unpaired) electrons. The second kappa shape index (κ2) is 12.8. The maximum atomic E-state index is 13.0. The van der Waals surface area contributed by atoms with Gasteiger partial charge in [-0.1, -0.05) is 71.7 Å². The summed E-state index contributed by atoms with van der Waals surface area (Å²) in [4.78, 5) is 25.8. The van der Waals surface area contributed by atoms with Gasteiger partial charge in [0.05, 0.1) is 27.0 Å². The summed E-state index contributed by atoms with van der Waals surface area (Å²) in [5, 5.41) is 6.46. The summed E-state index contributed by atoms with van der Waals surface area (Å²) in [5.41, 5.74) is 2.50. The molecular weight excluding hydrogens is 545 g/mol. The van der Waals surface area contributed by atoms with Gasteiger partial charge in [0.1, 0.15) is 0 Å². The molecule has 3 aromatic rings. The van der Waals surface area contributed by atoms with Crippen molar-refractivity contribution in [3.63, 3.8) is 0 Å². The zero-order valence-electron chi connectivity index (χ0n) is 20.7. The lowest BCUT2D eigenvalue weighted by Crippen LogP contribution is -2.42. The number of benzene rings is 3. The largest absolute Gasteiger partial charge is 0.352 e. The standard InChI is InChI=1S/C28H29Cl2N3O4S/c29-24-11-10-21(18-25(24)30)19-38(36,37)33-16-13-22(14-17-33)27(34)32-26-9-5-4-8-23(26)28(35)31-15-12-20-6-2-1-3-7-20/h1-11,18,22H,12-17,19H2,(H,31,35)(H,32,34). The fourth-order valence-electron chi connectivity index (χ4n) is 4.41. The lowest BCUT2D eigenvalue weighted by atomic mass is 9.97. The molecule has 0 bridgehead atoms. The van der Waals surface area contributed by atoms with Crippen molar-refractivity contribution in [2.24, 2.45) is 5.92 Å². The number of carbonyl (C=O) groups is 2. The van der Waals surface area contributed by atoms with E-state index in [1.807, 2.05) is 30.3 Å². The molecule has 1 aliphatic heterocycles. The molecule has 10 heteroatoms. The number of nitrogens with one attached hydrogen (secondary N) is 2. The van der Waals surface area contributed by atoms with Crippen LogP contribution in [0.4, 0.5) is 5.69 Å². The van der Waals surface area contributed by atoms with Gasteiger partial charge in [-0.05, 0) is 54.7 Å². The summed E-state index contributed by atoms with van der Waals surface area (Å²) in [6, 6.07) is 21.5. The van der Waals surface area contributed by atoms with Crippen LogP contribution in [0.15, 0.2) is 72.8 Å². The van der Waals surface area contributed by atoms with Crippen LogP contribution in [0.25, 0.3) is 0 Å². The number of piperidine rings is 1. The van der Waals surface area contributed by atoms with E-state index in [1.54, 1.807) is 42.5 Å². The van der Waals surface area contributed by atoms with Crippen molar-refractivity contribution in [2.45, 2.75) is 25.0 Å². The van der Waals surface area contributed by atoms with Crippen molar-refractivity contribution >= 4 is 50.7 Å². The quantitative estimate of drug-likeness (QED) is 0.370. The highest BCUT2D eigenvalue weighted by molar-refractivity contribution is 7.88. The molecular formula is C28H29Cl2N3O4S. The number of sulfonamides is 1. The summed E-state index contributed by atoms with van der Waals surface area (Å²) in [6.45, 7) is 0.951. The van der Waals surface area contributed by atoms with Gasteiger partial charge in [-0.15, -0.1) is 0 Å². The highest BCUT2D eigenvalue weighted by Gasteiger charge is 2.31. The van der Waals surface area contributed by atoms with Gasteiger partial charge >= 0.3 is 0 Å². The summed E-state index contributed by atoms with van der Waals surface area (Å²) in [6.07, 6.45) is 1.48. The monoisotopic (exact) mass is 573 g/mol. The molecule has 1 aliphatic rings. The molecule has 2 N–H and O–H groups in total. The first kappa shape index (κ1) is 28.1. The molecule has 0 spiro atoms. The Morgan fingerprint density at radius 1 is 0.868 bits per heavy atom. The average molecular weight is 575 g/mol. The topological polar surface area (TPSA) is 95.6 Å². The number of rotatable bonds is 9. The van der Waals surface area contributed by atoms with Crippen molar-refractivity contribution in [2.75, 3.05) is 25.0 Å². The molecule has 200 valence electrons. The fraction of sp³-hybridized carbons (Fsp3) is 0.286. The Morgan fingerprint density at radius 3 is 2.26 bits per heavy atom. The summed E-state index contributed by atoms with van der Waals surface area (Å²) < 4.78 is 27.3. The number of amides is 2. The highest BCUT2D eigenvalue weighted by Crippen LogP contribution is 2.27. The predicted molar refractivity (Wildman–Crippen MR) is 151 cm³/mol. The number of carbonyl (C=O) groups excluding carboxylic acids is 2. The van der Waals surface area contributed by atoms with Gasteiger partial charge in [-0.25, -0.2) is 12.7 Å². The van der Waals surface area contributed by atoms with Crippen molar-refractivity contribution in [1.82, 2.24) is 9.62 Å². The van der Waals surface area contributed by atoms with Crippen LogP contribution in [-0.4, -0.2) is 44.2 Å². The lowest BCUT2D eigenvalue weighted by molar-refractivity contribution is -0.120. The van der Waals surface area contributed by atoms with Crippen LogP contribution in [0.1, 0.15) is 34.3 Å². The van der Waals surface area contributed by atoms with E-state index in [0.717, 1.165) is 5.56 Å². The van der Waals surface area contributed by atoms with Gasteiger partial charge in [-0.2, -0.15) is 0 Å². The zero-order valence-corrected chi connectivity index (χ0v) is 23.0. The Labute approximate surface area is 233 Å². The molecule has 7 nitrogen and oxygen atoms in total. The van der Waals surface area contributed by atoms with Crippen molar-refractivity contribution in [3.05, 3.63) is 99.5 Å². The molecule has 0 aromatic heterocycles. The molecule has 1 saturated heterocycles. The first-order valence-electron chi connectivity index (χ1n) is 12.4. The first-order chi connectivity index (χ1) is 18.2. The van der Waals surface area contributed by atoms with Crippen LogP contribution < -0.4 is 10.6 Å². The van der Waals surface area contributed by atoms with Crippen molar-refractivity contribution in [1.29, 1.82) is 0 Å². The lowest BCUT2D eigenvalue weighted by Gasteiger charge is -2.30. The van der Waals surface area contributed by atoms with Gasteiger partial charge in [0, 0.05) is 25.6 Å².